The van der Waals surface area contributed by atoms with E-state index >= 15 is 0 Å². The zero-order valence-corrected chi connectivity index (χ0v) is 22.0. The number of rotatable bonds is 9. The predicted molar refractivity (Wildman–Crippen MR) is 143 cm³/mol. The number of aryl methyl sites for hydroxylation is 3. The number of amides is 1. The molecule has 1 unspecified atom stereocenters. The van der Waals surface area contributed by atoms with Crippen LogP contribution in [0, 0.1) is 6.92 Å². The molecule has 6 nitrogen and oxygen atoms in total. The first-order valence-corrected chi connectivity index (χ1v) is 13.9. The van der Waals surface area contributed by atoms with Gasteiger partial charge < -0.3 is 10.1 Å². The third kappa shape index (κ3) is 5.73. The largest absolute Gasteiger partial charge is 0.497 e. The highest BCUT2D eigenvalue weighted by atomic mass is 32.2. The number of hydrogen-bond donors (Lipinski definition) is 1. The van der Waals surface area contributed by atoms with Gasteiger partial charge in [-0.3, -0.25) is 9.10 Å². The maximum Gasteiger partial charge on any atom is 0.264 e. The van der Waals surface area contributed by atoms with Gasteiger partial charge in [0.25, 0.3) is 10.0 Å². The summed E-state index contributed by atoms with van der Waals surface area (Å²) < 4.78 is 33.8. The topological polar surface area (TPSA) is 75.7 Å². The number of ether oxygens (including phenoxy) is 1. The van der Waals surface area contributed by atoms with E-state index in [1.54, 1.807) is 48.5 Å². The molecule has 7 heteroatoms. The van der Waals surface area contributed by atoms with Crippen LogP contribution in [0.25, 0.3) is 0 Å². The minimum Gasteiger partial charge on any atom is -0.497 e. The summed E-state index contributed by atoms with van der Waals surface area (Å²) in [5.41, 5.74) is 5.12. The zero-order valence-electron chi connectivity index (χ0n) is 21.2. The average molecular weight is 507 g/mol. The van der Waals surface area contributed by atoms with E-state index in [9.17, 15) is 13.2 Å². The molecule has 0 bridgehead atoms. The normalized spacial score (nSPS) is 14.0. The first kappa shape index (κ1) is 25.8. The Balaban J connectivity index is 1.61. The van der Waals surface area contributed by atoms with Crippen LogP contribution in [0.2, 0.25) is 0 Å². The van der Waals surface area contributed by atoms with Crippen LogP contribution in [-0.4, -0.2) is 28.0 Å². The Hall–Kier alpha value is -3.32. The molecule has 4 rings (SSSR count). The van der Waals surface area contributed by atoms with Gasteiger partial charge in [-0.05, 0) is 80.0 Å². The van der Waals surface area contributed by atoms with Crippen LogP contribution in [-0.2, 0) is 27.7 Å². The molecule has 3 aromatic rings. The average Bonchev–Trinajstić information content (AvgIpc) is 2.90. The van der Waals surface area contributed by atoms with Crippen molar-refractivity contribution in [2.75, 3.05) is 18.0 Å². The van der Waals surface area contributed by atoms with Crippen molar-refractivity contribution < 1.29 is 17.9 Å². The van der Waals surface area contributed by atoms with Crippen molar-refractivity contribution in [3.05, 3.63) is 89.0 Å². The van der Waals surface area contributed by atoms with E-state index in [0.717, 1.165) is 28.3 Å². The van der Waals surface area contributed by atoms with Crippen molar-refractivity contribution in [2.24, 2.45) is 0 Å². The number of nitrogens with zero attached hydrogens (tertiary/aromatic N) is 1. The van der Waals surface area contributed by atoms with Gasteiger partial charge in [0.15, 0.2) is 0 Å². The Bertz CT molecular complexity index is 1320. The summed E-state index contributed by atoms with van der Waals surface area (Å²) in [6.45, 7) is 3.58. The quantitative estimate of drug-likeness (QED) is 0.425. The van der Waals surface area contributed by atoms with Crippen LogP contribution in [0.1, 0.15) is 54.5 Å². The predicted octanol–water partition coefficient (Wildman–Crippen LogP) is 5.35. The minimum absolute atomic E-state index is 0.130. The van der Waals surface area contributed by atoms with Gasteiger partial charge in [0.05, 0.1) is 23.7 Å². The zero-order chi connectivity index (χ0) is 25.7. The number of anilines is 1. The second-order valence-electron chi connectivity index (χ2n) is 9.29. The highest BCUT2D eigenvalue weighted by molar-refractivity contribution is 7.92. The SMILES string of the molecule is CCC(NC(=O)CN(c1cccc(OC)c1)S(=O)(=O)c1ccc(C)cc1)c1ccc2c(c1)CCCC2. The smallest absolute Gasteiger partial charge is 0.264 e. The van der Waals surface area contributed by atoms with E-state index in [1.807, 2.05) is 13.8 Å². The molecule has 0 saturated carbocycles. The van der Waals surface area contributed by atoms with Crippen LogP contribution in [0.3, 0.4) is 0 Å². The fourth-order valence-electron chi connectivity index (χ4n) is 4.68. The van der Waals surface area contributed by atoms with E-state index in [1.165, 1.54) is 31.1 Å². The Labute approximate surface area is 214 Å². The molecule has 1 amide bonds. The second-order valence-corrected chi connectivity index (χ2v) is 11.2. The van der Waals surface area contributed by atoms with E-state index in [4.69, 9.17) is 4.74 Å². The number of hydrogen-bond acceptors (Lipinski definition) is 4. The Morgan fingerprint density at radius 2 is 1.72 bits per heavy atom. The number of fused-ring (bicyclic) bond motifs is 1. The molecular formula is C29H34N2O4S. The van der Waals surface area contributed by atoms with Crippen molar-refractivity contribution in [3.8, 4) is 5.75 Å². The summed E-state index contributed by atoms with van der Waals surface area (Å²) >= 11 is 0. The van der Waals surface area contributed by atoms with Gasteiger partial charge in [-0.15, -0.1) is 0 Å². The standard InChI is InChI=1S/C29H34N2O4S/c1-4-28(24-15-14-22-8-5-6-9-23(22)18-24)30-29(32)20-31(25-10-7-11-26(19-25)35-3)36(33,34)27-16-12-21(2)13-17-27/h7,10-19,28H,4-6,8-9,20H2,1-3H3,(H,30,32). The maximum absolute atomic E-state index is 13.7. The molecule has 1 aliphatic rings. The van der Waals surface area contributed by atoms with Crippen molar-refractivity contribution in [3.63, 3.8) is 0 Å². The van der Waals surface area contributed by atoms with Crippen LogP contribution in [0.4, 0.5) is 5.69 Å². The number of methoxy groups -OCH3 is 1. The number of benzene rings is 3. The van der Waals surface area contributed by atoms with Gasteiger partial charge in [-0.1, -0.05) is 48.9 Å². The number of sulfonamides is 1. The maximum atomic E-state index is 13.7. The van der Waals surface area contributed by atoms with Crippen LogP contribution >= 0.6 is 0 Å². The molecule has 0 radical (unpaired) electrons. The van der Waals surface area contributed by atoms with Crippen molar-refractivity contribution >= 4 is 21.6 Å². The monoisotopic (exact) mass is 506 g/mol. The van der Waals surface area contributed by atoms with Gasteiger partial charge in [-0.2, -0.15) is 0 Å². The van der Waals surface area contributed by atoms with Crippen LogP contribution in [0.15, 0.2) is 71.6 Å². The molecule has 1 aliphatic carbocycles. The summed E-state index contributed by atoms with van der Waals surface area (Å²) in [5, 5.41) is 3.08. The summed E-state index contributed by atoms with van der Waals surface area (Å²) in [7, 11) is -2.47. The Morgan fingerprint density at radius 3 is 2.42 bits per heavy atom. The Morgan fingerprint density at radius 1 is 1.00 bits per heavy atom. The van der Waals surface area contributed by atoms with E-state index in [2.05, 4.69) is 23.5 Å². The molecule has 0 aromatic heterocycles. The van der Waals surface area contributed by atoms with E-state index < -0.39 is 10.0 Å². The summed E-state index contributed by atoms with van der Waals surface area (Å²) in [5.74, 6) is 0.149. The van der Waals surface area contributed by atoms with E-state index in [0.29, 0.717) is 17.9 Å². The molecule has 190 valence electrons. The fourth-order valence-corrected chi connectivity index (χ4v) is 6.09. The lowest BCUT2D eigenvalue weighted by molar-refractivity contribution is -0.120. The summed E-state index contributed by atoms with van der Waals surface area (Å²) in [6, 6.07) is 19.6. The molecule has 1 atom stereocenters. The Kier molecular flexibility index (Phi) is 7.99. The number of nitrogens with one attached hydrogen (secondary N) is 1. The number of carbonyl (C=O) groups excluding carboxylic acids is 1. The van der Waals surface area contributed by atoms with Crippen LogP contribution in [0.5, 0.6) is 5.75 Å². The van der Waals surface area contributed by atoms with Gasteiger partial charge >= 0.3 is 0 Å². The number of carbonyl (C=O) groups is 1. The summed E-state index contributed by atoms with van der Waals surface area (Å²) in [4.78, 5) is 13.4. The third-order valence-corrected chi connectivity index (χ3v) is 8.54. The lowest BCUT2D eigenvalue weighted by Crippen LogP contribution is -2.42. The molecule has 0 saturated heterocycles. The molecule has 0 spiro atoms. The third-order valence-electron chi connectivity index (χ3n) is 6.76. The van der Waals surface area contributed by atoms with Gasteiger partial charge in [0.1, 0.15) is 12.3 Å². The second kappa shape index (κ2) is 11.2. The molecule has 0 fully saturated rings. The molecule has 3 aromatic carbocycles. The molecule has 1 N–H and O–H groups in total. The van der Waals surface area contributed by atoms with Gasteiger partial charge in [-0.25, -0.2) is 8.42 Å². The molecular weight excluding hydrogens is 472 g/mol. The lowest BCUT2D eigenvalue weighted by atomic mass is 9.89. The van der Waals surface area contributed by atoms with Crippen molar-refractivity contribution in [1.29, 1.82) is 0 Å². The van der Waals surface area contributed by atoms with E-state index in [-0.39, 0.29) is 23.4 Å². The highest BCUT2D eigenvalue weighted by Crippen LogP contribution is 2.28. The lowest BCUT2D eigenvalue weighted by Gasteiger charge is -2.26. The first-order chi connectivity index (χ1) is 17.3. The highest BCUT2D eigenvalue weighted by Gasteiger charge is 2.28. The minimum atomic E-state index is -3.99. The van der Waals surface area contributed by atoms with Crippen molar-refractivity contribution in [2.45, 2.75) is 56.9 Å². The summed E-state index contributed by atoms with van der Waals surface area (Å²) in [6.07, 6.45) is 5.27. The van der Waals surface area contributed by atoms with Crippen LogP contribution < -0.4 is 14.4 Å². The first-order valence-electron chi connectivity index (χ1n) is 12.5. The van der Waals surface area contributed by atoms with Gasteiger partial charge in [0.2, 0.25) is 5.91 Å². The fraction of sp³-hybridized carbons (Fsp3) is 0.345. The van der Waals surface area contributed by atoms with Crippen molar-refractivity contribution in [1.82, 2.24) is 5.32 Å². The molecule has 36 heavy (non-hydrogen) atoms. The van der Waals surface area contributed by atoms with Gasteiger partial charge in [0, 0.05) is 6.07 Å². The molecule has 0 aliphatic heterocycles. The molecule has 0 heterocycles.